The highest BCUT2D eigenvalue weighted by atomic mass is 16.5. The SMILES string of the molecule is COC(=O)c1ccc(C#CCNC(=O)OCc2ccccc2)c(O)c1. The van der Waals surface area contributed by atoms with Gasteiger partial charge in [-0.25, -0.2) is 9.59 Å². The summed E-state index contributed by atoms with van der Waals surface area (Å²) in [6.45, 7) is 0.238. The molecule has 0 fully saturated rings. The molecular formula is C19H17NO5. The van der Waals surface area contributed by atoms with Crippen LogP contribution in [-0.4, -0.2) is 30.8 Å². The lowest BCUT2D eigenvalue weighted by atomic mass is 10.1. The summed E-state index contributed by atoms with van der Waals surface area (Å²) in [6, 6.07) is 13.6. The Hall–Kier alpha value is -3.46. The van der Waals surface area contributed by atoms with Crippen molar-refractivity contribution in [2.45, 2.75) is 6.61 Å². The van der Waals surface area contributed by atoms with Crippen LogP contribution in [0.1, 0.15) is 21.5 Å². The van der Waals surface area contributed by atoms with E-state index < -0.39 is 12.1 Å². The minimum atomic E-state index is -0.580. The van der Waals surface area contributed by atoms with E-state index >= 15 is 0 Å². The molecule has 0 unspecified atom stereocenters. The molecule has 6 nitrogen and oxygen atoms in total. The van der Waals surface area contributed by atoms with E-state index in [4.69, 9.17) is 4.74 Å². The van der Waals surface area contributed by atoms with Crippen molar-refractivity contribution < 1.29 is 24.2 Å². The summed E-state index contributed by atoms with van der Waals surface area (Å²) in [4.78, 5) is 22.9. The number of aromatic hydroxyl groups is 1. The highest BCUT2D eigenvalue weighted by Crippen LogP contribution is 2.18. The Labute approximate surface area is 145 Å². The summed E-state index contributed by atoms with van der Waals surface area (Å²) in [5, 5.41) is 12.3. The fourth-order valence-corrected chi connectivity index (χ4v) is 1.91. The topological polar surface area (TPSA) is 84.9 Å². The van der Waals surface area contributed by atoms with Crippen molar-refractivity contribution in [3.8, 4) is 17.6 Å². The third kappa shape index (κ3) is 5.59. The molecule has 0 radical (unpaired) electrons. The molecule has 2 rings (SSSR count). The molecule has 0 spiro atoms. The second kappa shape index (κ2) is 8.99. The number of carbonyl (C=O) groups is 2. The van der Waals surface area contributed by atoms with Crippen LogP contribution in [0.5, 0.6) is 5.75 Å². The Morgan fingerprint density at radius 1 is 1.16 bits per heavy atom. The number of nitrogens with one attached hydrogen (secondary N) is 1. The molecule has 0 heterocycles. The quantitative estimate of drug-likeness (QED) is 0.660. The first-order valence-corrected chi connectivity index (χ1v) is 7.45. The van der Waals surface area contributed by atoms with Crippen LogP contribution in [0.2, 0.25) is 0 Å². The number of esters is 1. The fraction of sp³-hybridized carbons (Fsp3) is 0.158. The summed E-state index contributed by atoms with van der Waals surface area (Å²) >= 11 is 0. The molecule has 2 N–H and O–H groups in total. The second-order valence-electron chi connectivity index (χ2n) is 4.94. The Morgan fingerprint density at radius 2 is 1.92 bits per heavy atom. The van der Waals surface area contributed by atoms with Crippen molar-refractivity contribution >= 4 is 12.1 Å². The Bertz CT molecular complexity index is 806. The van der Waals surface area contributed by atoms with E-state index in [1.807, 2.05) is 30.3 Å². The number of benzene rings is 2. The monoisotopic (exact) mass is 339 g/mol. The molecule has 0 atom stereocenters. The molecule has 0 saturated heterocycles. The van der Waals surface area contributed by atoms with Crippen LogP contribution >= 0.6 is 0 Å². The molecule has 2 aromatic carbocycles. The third-order valence-electron chi connectivity index (χ3n) is 3.18. The second-order valence-corrected chi connectivity index (χ2v) is 4.94. The third-order valence-corrected chi connectivity index (χ3v) is 3.18. The number of carbonyl (C=O) groups excluding carboxylic acids is 2. The average Bonchev–Trinajstić information content (AvgIpc) is 2.64. The summed E-state index contributed by atoms with van der Waals surface area (Å²) in [5.74, 6) is 4.72. The minimum absolute atomic E-state index is 0.0613. The lowest BCUT2D eigenvalue weighted by Crippen LogP contribution is -2.24. The van der Waals surface area contributed by atoms with Crippen LogP contribution in [0.15, 0.2) is 48.5 Å². The zero-order valence-electron chi connectivity index (χ0n) is 13.6. The van der Waals surface area contributed by atoms with Gasteiger partial charge in [0.1, 0.15) is 12.4 Å². The van der Waals surface area contributed by atoms with Crippen molar-refractivity contribution in [3.05, 3.63) is 65.2 Å². The predicted molar refractivity (Wildman–Crippen MR) is 91.0 cm³/mol. The number of methoxy groups -OCH3 is 1. The largest absolute Gasteiger partial charge is 0.507 e. The smallest absolute Gasteiger partial charge is 0.408 e. The van der Waals surface area contributed by atoms with E-state index in [1.54, 1.807) is 0 Å². The van der Waals surface area contributed by atoms with Gasteiger partial charge in [-0.1, -0.05) is 42.2 Å². The number of phenolic OH excluding ortho intramolecular Hbond substituents is 1. The zero-order chi connectivity index (χ0) is 18.1. The molecule has 0 bridgehead atoms. The lowest BCUT2D eigenvalue weighted by Gasteiger charge is -2.04. The highest BCUT2D eigenvalue weighted by molar-refractivity contribution is 5.90. The van der Waals surface area contributed by atoms with Crippen LogP contribution in [0.3, 0.4) is 0 Å². The molecular weight excluding hydrogens is 322 g/mol. The number of phenols is 1. The number of ether oxygens (including phenoxy) is 2. The maximum absolute atomic E-state index is 11.5. The molecule has 2 aromatic rings. The van der Waals surface area contributed by atoms with Gasteiger partial charge in [-0.05, 0) is 23.8 Å². The first kappa shape index (κ1) is 17.9. The molecule has 0 aliphatic carbocycles. The summed E-state index contributed by atoms with van der Waals surface area (Å²) in [7, 11) is 1.26. The van der Waals surface area contributed by atoms with Gasteiger partial charge in [0.2, 0.25) is 0 Å². The lowest BCUT2D eigenvalue weighted by molar-refractivity contribution is 0.0600. The van der Waals surface area contributed by atoms with Crippen molar-refractivity contribution in [1.82, 2.24) is 5.32 Å². The van der Waals surface area contributed by atoms with Gasteiger partial charge in [-0.3, -0.25) is 0 Å². The molecule has 0 aliphatic rings. The number of rotatable bonds is 4. The first-order chi connectivity index (χ1) is 12.1. The fourth-order valence-electron chi connectivity index (χ4n) is 1.91. The maximum Gasteiger partial charge on any atom is 0.408 e. The number of hydrogen-bond donors (Lipinski definition) is 2. The maximum atomic E-state index is 11.5. The Kier molecular flexibility index (Phi) is 6.43. The Morgan fingerprint density at radius 3 is 2.60 bits per heavy atom. The van der Waals surface area contributed by atoms with E-state index in [-0.39, 0.29) is 24.5 Å². The van der Waals surface area contributed by atoms with Crippen LogP contribution in [0.25, 0.3) is 0 Å². The number of hydrogen-bond acceptors (Lipinski definition) is 5. The molecule has 1 amide bonds. The van der Waals surface area contributed by atoms with Crippen LogP contribution in [0.4, 0.5) is 4.79 Å². The van der Waals surface area contributed by atoms with Crippen molar-refractivity contribution in [1.29, 1.82) is 0 Å². The van der Waals surface area contributed by atoms with Gasteiger partial charge >= 0.3 is 12.1 Å². The van der Waals surface area contributed by atoms with Gasteiger partial charge in [-0.2, -0.15) is 0 Å². The number of amides is 1. The van der Waals surface area contributed by atoms with Gasteiger partial charge in [0.15, 0.2) is 0 Å². The van der Waals surface area contributed by atoms with Gasteiger partial charge in [0.05, 0.1) is 24.8 Å². The van der Waals surface area contributed by atoms with Gasteiger partial charge in [0.25, 0.3) is 0 Å². The normalized spacial score (nSPS) is 9.48. The highest BCUT2D eigenvalue weighted by Gasteiger charge is 2.08. The minimum Gasteiger partial charge on any atom is -0.507 e. The van der Waals surface area contributed by atoms with Gasteiger partial charge in [-0.15, -0.1) is 0 Å². The van der Waals surface area contributed by atoms with Crippen LogP contribution in [0, 0.1) is 11.8 Å². The van der Waals surface area contributed by atoms with Crippen LogP contribution < -0.4 is 5.32 Å². The van der Waals surface area contributed by atoms with Gasteiger partial charge < -0.3 is 19.9 Å². The van der Waals surface area contributed by atoms with Crippen molar-refractivity contribution in [2.75, 3.05) is 13.7 Å². The van der Waals surface area contributed by atoms with Crippen LogP contribution in [-0.2, 0) is 16.1 Å². The molecule has 0 aliphatic heterocycles. The standard InChI is InChI=1S/C19H17NO5/c1-24-18(22)16-10-9-15(17(21)12-16)8-5-11-20-19(23)25-13-14-6-3-2-4-7-14/h2-4,6-7,9-10,12,21H,11,13H2,1H3,(H,20,23). The summed E-state index contributed by atoms with van der Waals surface area (Å²) in [5.41, 5.74) is 1.46. The van der Waals surface area contributed by atoms with E-state index in [0.29, 0.717) is 5.56 Å². The summed E-state index contributed by atoms with van der Waals surface area (Å²) < 4.78 is 9.60. The zero-order valence-corrected chi connectivity index (χ0v) is 13.6. The van der Waals surface area contributed by atoms with E-state index in [1.165, 1.54) is 25.3 Å². The molecule has 0 saturated carbocycles. The Balaban J connectivity index is 1.82. The van der Waals surface area contributed by atoms with E-state index in [2.05, 4.69) is 21.9 Å². The van der Waals surface area contributed by atoms with Crippen molar-refractivity contribution in [2.24, 2.45) is 0 Å². The molecule has 25 heavy (non-hydrogen) atoms. The molecule has 0 aromatic heterocycles. The van der Waals surface area contributed by atoms with Crippen molar-refractivity contribution in [3.63, 3.8) is 0 Å². The average molecular weight is 339 g/mol. The number of alkyl carbamates (subject to hydrolysis) is 1. The predicted octanol–water partition coefficient (Wildman–Crippen LogP) is 2.46. The molecule has 128 valence electrons. The first-order valence-electron chi connectivity index (χ1n) is 7.45. The molecule has 6 heteroatoms. The van der Waals surface area contributed by atoms with Gasteiger partial charge in [0, 0.05) is 0 Å². The summed E-state index contributed by atoms with van der Waals surface area (Å²) in [6.07, 6.45) is -0.580. The van der Waals surface area contributed by atoms with E-state index in [0.717, 1.165) is 5.56 Å². The van der Waals surface area contributed by atoms with E-state index in [9.17, 15) is 14.7 Å².